The molecule has 0 bridgehead atoms. The lowest BCUT2D eigenvalue weighted by atomic mass is 9.79. The van der Waals surface area contributed by atoms with Crippen LogP contribution in [0.4, 0.5) is 0 Å². The molecule has 0 unspecified atom stereocenters. The SMILES string of the molecule is C[C@@H](NC(=O)[C@H]1CC12CCC2)c1ccccc1. The summed E-state index contributed by atoms with van der Waals surface area (Å²) in [6.45, 7) is 2.06. The van der Waals surface area contributed by atoms with Crippen LogP contribution in [0.5, 0.6) is 0 Å². The maximum atomic E-state index is 12.1. The van der Waals surface area contributed by atoms with Crippen LogP contribution in [-0.2, 0) is 4.79 Å². The third kappa shape index (κ3) is 1.86. The molecule has 0 aliphatic heterocycles. The summed E-state index contributed by atoms with van der Waals surface area (Å²) < 4.78 is 0. The second-order valence-corrected chi connectivity index (χ2v) is 5.61. The van der Waals surface area contributed by atoms with Gasteiger partial charge in [0.25, 0.3) is 0 Å². The van der Waals surface area contributed by atoms with Crippen LogP contribution in [0.3, 0.4) is 0 Å². The summed E-state index contributed by atoms with van der Waals surface area (Å²) in [5.41, 5.74) is 1.62. The number of carbonyl (C=O) groups is 1. The van der Waals surface area contributed by atoms with Crippen molar-refractivity contribution in [1.29, 1.82) is 0 Å². The molecule has 2 aliphatic rings. The van der Waals surface area contributed by atoms with Crippen LogP contribution in [0.25, 0.3) is 0 Å². The molecular formula is C15H19NO. The largest absolute Gasteiger partial charge is 0.349 e. The molecular weight excluding hydrogens is 210 g/mol. The average Bonchev–Trinajstić information content (AvgIpc) is 3.05. The molecule has 2 saturated carbocycles. The van der Waals surface area contributed by atoms with Crippen molar-refractivity contribution in [3.05, 3.63) is 35.9 Å². The topological polar surface area (TPSA) is 29.1 Å². The van der Waals surface area contributed by atoms with E-state index in [9.17, 15) is 4.79 Å². The molecule has 2 heteroatoms. The minimum atomic E-state index is 0.126. The number of rotatable bonds is 3. The smallest absolute Gasteiger partial charge is 0.224 e. The highest BCUT2D eigenvalue weighted by molar-refractivity contribution is 5.83. The molecule has 17 heavy (non-hydrogen) atoms. The molecule has 1 spiro atoms. The van der Waals surface area contributed by atoms with Gasteiger partial charge in [-0.1, -0.05) is 36.8 Å². The van der Waals surface area contributed by atoms with Gasteiger partial charge in [0.1, 0.15) is 0 Å². The zero-order valence-electron chi connectivity index (χ0n) is 10.3. The Labute approximate surface area is 102 Å². The first-order valence-electron chi connectivity index (χ1n) is 6.57. The van der Waals surface area contributed by atoms with Crippen LogP contribution < -0.4 is 5.32 Å². The highest BCUT2D eigenvalue weighted by Gasteiger charge is 2.60. The van der Waals surface area contributed by atoms with Crippen LogP contribution in [0.1, 0.15) is 44.2 Å². The van der Waals surface area contributed by atoms with Crippen molar-refractivity contribution < 1.29 is 4.79 Å². The van der Waals surface area contributed by atoms with E-state index in [1.165, 1.54) is 24.8 Å². The zero-order chi connectivity index (χ0) is 11.9. The molecule has 0 aromatic heterocycles. The van der Waals surface area contributed by atoms with Crippen molar-refractivity contribution in [2.75, 3.05) is 0 Å². The lowest BCUT2D eigenvalue weighted by Crippen LogP contribution is -2.31. The number of benzene rings is 1. The lowest BCUT2D eigenvalue weighted by Gasteiger charge is -2.26. The van der Waals surface area contributed by atoms with Crippen molar-refractivity contribution in [3.63, 3.8) is 0 Å². The van der Waals surface area contributed by atoms with Gasteiger partial charge in [-0.3, -0.25) is 4.79 Å². The first-order valence-corrected chi connectivity index (χ1v) is 6.57. The third-order valence-corrected chi connectivity index (χ3v) is 4.51. The molecule has 1 aromatic rings. The summed E-state index contributed by atoms with van der Waals surface area (Å²) in [7, 11) is 0. The summed E-state index contributed by atoms with van der Waals surface area (Å²) >= 11 is 0. The van der Waals surface area contributed by atoms with Crippen molar-refractivity contribution in [3.8, 4) is 0 Å². The van der Waals surface area contributed by atoms with Gasteiger partial charge >= 0.3 is 0 Å². The predicted molar refractivity (Wildman–Crippen MR) is 67.4 cm³/mol. The molecule has 2 aliphatic carbocycles. The normalized spacial score (nSPS) is 26.1. The molecule has 2 fully saturated rings. The molecule has 0 heterocycles. The Hall–Kier alpha value is -1.31. The summed E-state index contributed by atoms with van der Waals surface area (Å²) in [6.07, 6.45) is 4.98. The quantitative estimate of drug-likeness (QED) is 0.848. The van der Waals surface area contributed by atoms with Crippen molar-refractivity contribution in [1.82, 2.24) is 5.32 Å². The van der Waals surface area contributed by atoms with Crippen LogP contribution in [0, 0.1) is 11.3 Å². The van der Waals surface area contributed by atoms with Gasteiger partial charge in [0.2, 0.25) is 5.91 Å². The highest BCUT2D eigenvalue weighted by atomic mass is 16.2. The second-order valence-electron chi connectivity index (χ2n) is 5.61. The number of carbonyl (C=O) groups excluding carboxylic acids is 1. The first kappa shape index (κ1) is 10.8. The van der Waals surface area contributed by atoms with Gasteiger partial charge in [-0.15, -0.1) is 0 Å². The number of hydrogen-bond donors (Lipinski definition) is 1. The lowest BCUT2D eigenvalue weighted by molar-refractivity contribution is -0.124. The van der Waals surface area contributed by atoms with Gasteiger partial charge in [-0.25, -0.2) is 0 Å². The van der Waals surface area contributed by atoms with Gasteiger partial charge in [0, 0.05) is 5.92 Å². The number of hydrogen-bond acceptors (Lipinski definition) is 1. The first-order chi connectivity index (χ1) is 8.21. The van der Waals surface area contributed by atoms with E-state index in [1.807, 2.05) is 18.2 Å². The predicted octanol–water partition coefficient (Wildman–Crippen LogP) is 3.05. The maximum Gasteiger partial charge on any atom is 0.224 e. The van der Waals surface area contributed by atoms with E-state index in [0.717, 1.165) is 6.42 Å². The summed E-state index contributed by atoms with van der Waals surface area (Å²) in [5.74, 6) is 0.573. The van der Waals surface area contributed by atoms with Crippen LogP contribution in [-0.4, -0.2) is 5.91 Å². The highest BCUT2D eigenvalue weighted by Crippen LogP contribution is 2.65. The molecule has 1 amide bonds. The second kappa shape index (κ2) is 3.86. The minimum Gasteiger partial charge on any atom is -0.349 e. The molecule has 0 radical (unpaired) electrons. The van der Waals surface area contributed by atoms with Crippen molar-refractivity contribution >= 4 is 5.91 Å². The Morgan fingerprint density at radius 1 is 1.35 bits per heavy atom. The Bertz CT molecular complexity index is 422. The van der Waals surface area contributed by atoms with Gasteiger partial charge in [-0.2, -0.15) is 0 Å². The summed E-state index contributed by atoms with van der Waals surface area (Å²) in [6, 6.07) is 10.3. The Kier molecular flexibility index (Phi) is 2.46. The van der Waals surface area contributed by atoms with E-state index in [-0.39, 0.29) is 11.9 Å². The maximum absolute atomic E-state index is 12.1. The van der Waals surface area contributed by atoms with E-state index >= 15 is 0 Å². The Balaban J connectivity index is 1.59. The van der Waals surface area contributed by atoms with Crippen molar-refractivity contribution in [2.45, 2.75) is 38.6 Å². The molecule has 2 nitrogen and oxygen atoms in total. The Morgan fingerprint density at radius 2 is 2.06 bits per heavy atom. The fourth-order valence-electron chi connectivity index (χ4n) is 3.04. The average molecular weight is 229 g/mol. The third-order valence-electron chi connectivity index (χ3n) is 4.51. The number of amides is 1. The van der Waals surface area contributed by atoms with E-state index in [0.29, 0.717) is 11.3 Å². The summed E-state index contributed by atoms with van der Waals surface area (Å²) in [4.78, 5) is 12.1. The molecule has 90 valence electrons. The van der Waals surface area contributed by atoms with Gasteiger partial charge in [-0.05, 0) is 37.2 Å². The zero-order valence-corrected chi connectivity index (χ0v) is 10.3. The fourth-order valence-corrected chi connectivity index (χ4v) is 3.04. The van der Waals surface area contributed by atoms with E-state index in [2.05, 4.69) is 24.4 Å². The Morgan fingerprint density at radius 3 is 2.59 bits per heavy atom. The van der Waals surface area contributed by atoms with E-state index < -0.39 is 0 Å². The molecule has 1 aromatic carbocycles. The van der Waals surface area contributed by atoms with Gasteiger partial charge in [0.05, 0.1) is 6.04 Å². The summed E-state index contributed by atoms with van der Waals surface area (Å²) in [5, 5.41) is 3.14. The van der Waals surface area contributed by atoms with E-state index in [1.54, 1.807) is 0 Å². The van der Waals surface area contributed by atoms with Crippen molar-refractivity contribution in [2.24, 2.45) is 11.3 Å². The molecule has 0 saturated heterocycles. The van der Waals surface area contributed by atoms with Gasteiger partial charge < -0.3 is 5.32 Å². The fraction of sp³-hybridized carbons (Fsp3) is 0.533. The number of nitrogens with one attached hydrogen (secondary N) is 1. The molecule has 3 rings (SSSR count). The van der Waals surface area contributed by atoms with Gasteiger partial charge in [0.15, 0.2) is 0 Å². The monoisotopic (exact) mass is 229 g/mol. The standard InChI is InChI=1S/C15H19NO/c1-11(12-6-3-2-4-7-12)16-14(17)13-10-15(13)8-5-9-15/h2-4,6-7,11,13H,5,8-10H2,1H3,(H,16,17)/t11-,13-/m1/s1. The minimum absolute atomic E-state index is 0.126. The molecule has 2 atom stereocenters. The van der Waals surface area contributed by atoms with E-state index in [4.69, 9.17) is 0 Å². The van der Waals surface area contributed by atoms with Crippen LogP contribution >= 0.6 is 0 Å². The molecule has 1 N–H and O–H groups in total. The van der Waals surface area contributed by atoms with Crippen LogP contribution in [0.2, 0.25) is 0 Å². The van der Waals surface area contributed by atoms with Crippen LogP contribution in [0.15, 0.2) is 30.3 Å².